The number of methoxy groups -OCH3 is 4. The first kappa shape index (κ1) is 25.6. The Morgan fingerprint density at radius 1 is 0.656 bits per heavy atom. The van der Waals surface area contributed by atoms with Crippen molar-refractivity contribution < 1.29 is 23.7 Å². The molecule has 0 unspecified atom stereocenters. The molecule has 0 saturated carbocycles. The first-order valence-electron chi connectivity index (χ1n) is 11.6. The van der Waals surface area contributed by atoms with Gasteiger partial charge < -0.3 is 18.9 Å². The number of ether oxygens (including phenoxy) is 4. The fourth-order valence-electron chi connectivity index (χ4n) is 3.98. The summed E-state index contributed by atoms with van der Waals surface area (Å²) in [6.45, 7) is 0. The lowest BCUT2D eigenvalue weighted by Gasteiger charge is -2.14. The van der Waals surface area contributed by atoms with Crippen molar-refractivity contribution in [1.82, 2.24) is 0 Å². The molecule has 32 heavy (non-hydrogen) atoms. The van der Waals surface area contributed by atoms with Gasteiger partial charge in [-0.25, -0.2) is 0 Å². The van der Waals surface area contributed by atoms with E-state index in [4.69, 9.17) is 18.9 Å². The smallest absolute Gasteiger partial charge is 0.170 e. The maximum absolute atomic E-state index is 12.8. The lowest BCUT2D eigenvalue weighted by Crippen LogP contribution is -2.06. The van der Waals surface area contributed by atoms with Crippen molar-refractivity contribution >= 4 is 5.78 Å². The highest BCUT2D eigenvalue weighted by Crippen LogP contribution is 2.35. The van der Waals surface area contributed by atoms with E-state index >= 15 is 0 Å². The highest BCUT2D eigenvalue weighted by atomic mass is 16.5. The minimum absolute atomic E-state index is 0.0534. The molecule has 0 radical (unpaired) electrons. The lowest BCUT2D eigenvalue weighted by molar-refractivity contribution is 0.0973. The van der Waals surface area contributed by atoms with E-state index in [1.807, 2.05) is 12.1 Å². The fourth-order valence-corrected chi connectivity index (χ4v) is 3.98. The third-order valence-electron chi connectivity index (χ3n) is 5.79. The number of ketones is 1. The van der Waals surface area contributed by atoms with Crippen molar-refractivity contribution in [2.75, 3.05) is 28.4 Å². The van der Waals surface area contributed by atoms with Crippen molar-refractivity contribution in [2.24, 2.45) is 0 Å². The van der Waals surface area contributed by atoms with Crippen molar-refractivity contribution in [3.63, 3.8) is 0 Å². The number of hydrogen-bond donors (Lipinski definition) is 0. The van der Waals surface area contributed by atoms with E-state index in [2.05, 4.69) is 12.1 Å². The van der Waals surface area contributed by atoms with Gasteiger partial charge >= 0.3 is 0 Å². The molecule has 176 valence electrons. The Hall–Kier alpha value is -2.69. The zero-order chi connectivity index (χ0) is 23.2. The molecule has 0 saturated heterocycles. The maximum Gasteiger partial charge on any atom is 0.170 e. The van der Waals surface area contributed by atoms with Crippen LogP contribution in [0.2, 0.25) is 0 Å². The second-order valence-electron chi connectivity index (χ2n) is 7.97. The van der Waals surface area contributed by atoms with Crippen LogP contribution in [-0.2, 0) is 6.42 Å². The molecule has 0 aliphatic rings. The van der Waals surface area contributed by atoms with E-state index in [-0.39, 0.29) is 5.78 Å². The van der Waals surface area contributed by atoms with E-state index in [1.165, 1.54) is 37.7 Å². The fraction of sp³-hybridized carbons (Fsp3) is 0.519. The molecule has 0 atom stereocenters. The number of carbonyl (C=O) groups is 1. The molecule has 2 rings (SSSR count). The Morgan fingerprint density at radius 2 is 1.19 bits per heavy atom. The molecular weight excluding hydrogens is 404 g/mol. The SMILES string of the molecule is COc1cc(OC)c(C(=O)CCCCCCCCCCc2ccccc2OC)c(OC)c1. The number of aryl methyl sites for hydroxylation is 1. The highest BCUT2D eigenvalue weighted by Gasteiger charge is 2.19. The summed E-state index contributed by atoms with van der Waals surface area (Å²) in [5.74, 6) is 2.65. The monoisotopic (exact) mass is 442 g/mol. The van der Waals surface area contributed by atoms with Crippen LogP contribution < -0.4 is 18.9 Å². The molecular formula is C27H38O5. The predicted octanol–water partition coefficient (Wildman–Crippen LogP) is 6.66. The Bertz CT molecular complexity index is 806. The first-order valence-corrected chi connectivity index (χ1v) is 11.6. The summed E-state index contributed by atoms with van der Waals surface area (Å²) in [6.07, 6.45) is 10.8. The number of carbonyl (C=O) groups excluding carboxylic acids is 1. The number of Topliss-reactive ketones (excluding diaryl/α,β-unsaturated/α-hetero) is 1. The molecule has 0 aromatic heterocycles. The van der Waals surface area contributed by atoms with E-state index in [0.29, 0.717) is 29.2 Å². The molecule has 2 aromatic carbocycles. The summed E-state index contributed by atoms with van der Waals surface area (Å²) < 4.78 is 21.5. The van der Waals surface area contributed by atoms with Gasteiger partial charge in [0.05, 0.1) is 28.4 Å². The van der Waals surface area contributed by atoms with Gasteiger partial charge in [0.1, 0.15) is 28.6 Å². The van der Waals surface area contributed by atoms with Crippen molar-refractivity contribution in [3.8, 4) is 23.0 Å². The third kappa shape index (κ3) is 7.77. The van der Waals surface area contributed by atoms with Gasteiger partial charge in [0.2, 0.25) is 0 Å². The molecule has 0 amide bonds. The molecule has 0 bridgehead atoms. The Morgan fingerprint density at radius 3 is 1.75 bits per heavy atom. The van der Waals surface area contributed by atoms with Crippen LogP contribution in [0.1, 0.15) is 73.7 Å². The zero-order valence-corrected chi connectivity index (χ0v) is 20.1. The largest absolute Gasteiger partial charge is 0.496 e. The van der Waals surface area contributed by atoms with E-state index in [0.717, 1.165) is 31.4 Å². The van der Waals surface area contributed by atoms with Crippen LogP contribution in [0, 0.1) is 0 Å². The van der Waals surface area contributed by atoms with Crippen LogP contribution in [0.15, 0.2) is 36.4 Å². The summed E-state index contributed by atoms with van der Waals surface area (Å²) in [7, 11) is 6.43. The summed E-state index contributed by atoms with van der Waals surface area (Å²) in [6, 6.07) is 11.7. The zero-order valence-electron chi connectivity index (χ0n) is 20.1. The molecule has 0 spiro atoms. The summed E-state index contributed by atoms with van der Waals surface area (Å²) in [4.78, 5) is 12.8. The normalized spacial score (nSPS) is 10.6. The van der Waals surface area contributed by atoms with Gasteiger partial charge in [-0.1, -0.05) is 56.7 Å². The molecule has 0 fully saturated rings. The van der Waals surface area contributed by atoms with Gasteiger partial charge in [0.15, 0.2) is 5.78 Å². The number of rotatable bonds is 16. The van der Waals surface area contributed by atoms with Crippen molar-refractivity contribution in [1.29, 1.82) is 0 Å². The maximum atomic E-state index is 12.8. The third-order valence-corrected chi connectivity index (χ3v) is 5.79. The molecule has 0 aliphatic heterocycles. The van der Waals surface area contributed by atoms with Crippen LogP contribution in [-0.4, -0.2) is 34.2 Å². The number of para-hydroxylation sites is 1. The van der Waals surface area contributed by atoms with E-state index in [1.54, 1.807) is 40.6 Å². The second-order valence-corrected chi connectivity index (χ2v) is 7.97. The van der Waals surface area contributed by atoms with Gasteiger partial charge in [-0.2, -0.15) is 0 Å². The van der Waals surface area contributed by atoms with Crippen LogP contribution in [0.3, 0.4) is 0 Å². The Kier molecular flexibility index (Phi) is 11.5. The standard InChI is InChI=1S/C27H38O5/c1-29-22-19-25(31-3)27(26(20-22)32-4)23(28)17-12-10-8-6-5-7-9-11-15-21-16-13-14-18-24(21)30-2/h13-14,16,18-20H,5-12,15,17H2,1-4H3. The van der Waals surface area contributed by atoms with Crippen molar-refractivity contribution in [3.05, 3.63) is 47.5 Å². The van der Waals surface area contributed by atoms with Crippen LogP contribution >= 0.6 is 0 Å². The van der Waals surface area contributed by atoms with Gasteiger partial charge in [0, 0.05) is 18.6 Å². The number of unbranched alkanes of at least 4 members (excludes halogenated alkanes) is 7. The number of benzene rings is 2. The predicted molar refractivity (Wildman–Crippen MR) is 129 cm³/mol. The summed E-state index contributed by atoms with van der Waals surface area (Å²) in [5.41, 5.74) is 1.80. The average Bonchev–Trinajstić information content (AvgIpc) is 2.84. The van der Waals surface area contributed by atoms with E-state index in [9.17, 15) is 4.79 Å². The molecule has 2 aromatic rings. The van der Waals surface area contributed by atoms with Crippen LogP contribution in [0.25, 0.3) is 0 Å². The molecule has 0 N–H and O–H groups in total. The minimum Gasteiger partial charge on any atom is -0.496 e. The van der Waals surface area contributed by atoms with Crippen LogP contribution in [0.5, 0.6) is 23.0 Å². The van der Waals surface area contributed by atoms with Gasteiger partial charge in [-0.3, -0.25) is 4.79 Å². The molecule has 0 heterocycles. The Balaban J connectivity index is 1.62. The highest BCUT2D eigenvalue weighted by molar-refractivity contribution is 6.01. The first-order chi connectivity index (χ1) is 15.6. The van der Waals surface area contributed by atoms with E-state index < -0.39 is 0 Å². The topological polar surface area (TPSA) is 54.0 Å². The Labute approximate surface area is 193 Å². The quantitative estimate of drug-likeness (QED) is 0.215. The molecule has 5 heteroatoms. The van der Waals surface area contributed by atoms with Gasteiger partial charge in [-0.15, -0.1) is 0 Å². The van der Waals surface area contributed by atoms with Gasteiger partial charge in [-0.05, 0) is 30.9 Å². The van der Waals surface area contributed by atoms with Gasteiger partial charge in [0.25, 0.3) is 0 Å². The van der Waals surface area contributed by atoms with Crippen LogP contribution in [0.4, 0.5) is 0 Å². The summed E-state index contributed by atoms with van der Waals surface area (Å²) in [5, 5.41) is 0. The van der Waals surface area contributed by atoms with Crippen molar-refractivity contribution in [2.45, 2.75) is 64.2 Å². The average molecular weight is 443 g/mol. The number of hydrogen-bond acceptors (Lipinski definition) is 5. The molecule has 5 nitrogen and oxygen atoms in total. The molecule has 0 aliphatic carbocycles. The minimum atomic E-state index is 0.0534. The summed E-state index contributed by atoms with van der Waals surface area (Å²) >= 11 is 0. The lowest BCUT2D eigenvalue weighted by atomic mass is 10.0. The second kappa shape index (κ2) is 14.4.